The van der Waals surface area contributed by atoms with Crippen molar-refractivity contribution in [3.8, 4) is 0 Å². The van der Waals surface area contributed by atoms with Gasteiger partial charge in [-0.1, -0.05) is 57.0 Å². The maximum Gasteiger partial charge on any atom is 0.130 e. The largest absolute Gasteiger partial charge is 0.383 e. The Morgan fingerprint density at radius 2 is 1.54 bits per heavy atom. The van der Waals surface area contributed by atoms with Crippen LogP contribution in [0.15, 0.2) is 65.8 Å². The molecule has 0 spiro atoms. The fraction of sp³-hybridized carbons (Fsp3) is 0.348. The van der Waals surface area contributed by atoms with E-state index in [0.29, 0.717) is 5.84 Å². The molecule has 0 fully saturated rings. The Kier molecular flexibility index (Phi) is 8.47. The fourth-order valence-corrected chi connectivity index (χ4v) is 2.75. The van der Waals surface area contributed by atoms with Crippen LogP contribution in [0.3, 0.4) is 0 Å². The van der Waals surface area contributed by atoms with Gasteiger partial charge in [0.25, 0.3) is 0 Å². The first-order chi connectivity index (χ1) is 12.7. The molecule has 0 bridgehead atoms. The van der Waals surface area contributed by atoms with Gasteiger partial charge in [0.1, 0.15) is 5.84 Å². The molecule has 0 aliphatic carbocycles. The summed E-state index contributed by atoms with van der Waals surface area (Å²) in [7, 11) is 0. The van der Waals surface area contributed by atoms with E-state index in [0.717, 1.165) is 24.2 Å². The molecule has 0 radical (unpaired) electrons. The van der Waals surface area contributed by atoms with Crippen LogP contribution < -0.4 is 10.6 Å². The maximum absolute atomic E-state index is 6.13. The predicted octanol–water partition coefficient (Wildman–Crippen LogP) is 5.47. The molecule has 0 aromatic heterocycles. The lowest BCUT2D eigenvalue weighted by molar-refractivity contribution is 0.678. The van der Waals surface area contributed by atoms with Gasteiger partial charge in [-0.3, -0.25) is 0 Å². The van der Waals surface area contributed by atoms with E-state index in [4.69, 9.17) is 5.73 Å². The Morgan fingerprint density at radius 3 is 2.12 bits per heavy atom. The van der Waals surface area contributed by atoms with E-state index in [-0.39, 0.29) is 0 Å². The topological polar surface area (TPSA) is 41.6 Å². The van der Waals surface area contributed by atoms with Crippen LogP contribution in [0.4, 0.5) is 5.69 Å². The van der Waals surface area contributed by atoms with Gasteiger partial charge >= 0.3 is 0 Å². The minimum absolute atomic E-state index is 0.539. The summed E-state index contributed by atoms with van der Waals surface area (Å²) in [4.78, 5) is 6.84. The monoisotopic (exact) mass is 349 g/mol. The van der Waals surface area contributed by atoms with Crippen molar-refractivity contribution < 1.29 is 0 Å². The highest BCUT2D eigenvalue weighted by molar-refractivity contribution is 5.98. The van der Waals surface area contributed by atoms with Crippen molar-refractivity contribution in [3.05, 3.63) is 71.9 Å². The Hall–Kier alpha value is -2.55. The molecule has 0 atom stereocenters. The zero-order valence-electron chi connectivity index (χ0n) is 16.1. The number of hydrogen-bond acceptors (Lipinski definition) is 2. The first kappa shape index (κ1) is 19.8. The molecule has 2 aromatic carbocycles. The van der Waals surface area contributed by atoms with Crippen LogP contribution in [0.25, 0.3) is 6.08 Å². The van der Waals surface area contributed by atoms with E-state index >= 15 is 0 Å². The van der Waals surface area contributed by atoms with Crippen molar-refractivity contribution in [1.82, 2.24) is 0 Å². The third-order valence-corrected chi connectivity index (χ3v) is 4.37. The molecule has 3 nitrogen and oxygen atoms in total. The molecule has 0 heterocycles. The number of rotatable bonds is 10. The molecule has 0 saturated carbocycles. The lowest BCUT2D eigenvalue weighted by Crippen LogP contribution is -2.25. The predicted molar refractivity (Wildman–Crippen MR) is 115 cm³/mol. The van der Waals surface area contributed by atoms with Crippen molar-refractivity contribution >= 4 is 17.6 Å². The van der Waals surface area contributed by atoms with Crippen LogP contribution in [-0.4, -0.2) is 18.9 Å². The number of unbranched alkanes of at least 4 members (excludes halogenated alkanes) is 2. The van der Waals surface area contributed by atoms with Crippen molar-refractivity contribution in [2.45, 2.75) is 39.5 Å². The summed E-state index contributed by atoms with van der Waals surface area (Å²) in [5, 5.41) is 0. The Morgan fingerprint density at radius 1 is 0.923 bits per heavy atom. The van der Waals surface area contributed by atoms with E-state index in [1.165, 1.54) is 31.4 Å². The van der Waals surface area contributed by atoms with Crippen LogP contribution in [-0.2, 0) is 0 Å². The van der Waals surface area contributed by atoms with Gasteiger partial charge in [0.15, 0.2) is 0 Å². The van der Waals surface area contributed by atoms with Gasteiger partial charge in [-0.05, 0) is 48.7 Å². The summed E-state index contributed by atoms with van der Waals surface area (Å²) in [6, 6.07) is 18.5. The van der Waals surface area contributed by atoms with Crippen molar-refractivity contribution in [2.75, 3.05) is 18.0 Å². The summed E-state index contributed by atoms with van der Waals surface area (Å²) in [6.45, 7) is 6.70. The van der Waals surface area contributed by atoms with Crippen molar-refractivity contribution in [3.63, 3.8) is 0 Å². The van der Waals surface area contributed by atoms with Crippen LogP contribution in [0, 0.1) is 0 Å². The number of aliphatic imine (C=N–C) groups is 1. The summed E-state index contributed by atoms with van der Waals surface area (Å²) >= 11 is 0. The third-order valence-electron chi connectivity index (χ3n) is 4.37. The number of nitrogens with zero attached hydrogens (tertiary/aromatic N) is 2. The standard InChI is InChI=1S/C23H31N3/c1-3-5-18-26(19-6-4-2)22-14-12-21(13-15-22)23(24)25-17-16-20-10-8-7-9-11-20/h7-17H,3-6,18-19H2,1-2H3,(H2,24,25). The summed E-state index contributed by atoms with van der Waals surface area (Å²) in [6.07, 6.45) is 8.59. The third kappa shape index (κ3) is 6.40. The molecule has 2 rings (SSSR count). The zero-order chi connectivity index (χ0) is 18.6. The SMILES string of the molecule is CCCCN(CCCC)c1ccc(C(N)=NC=Cc2ccccc2)cc1. The van der Waals surface area contributed by atoms with E-state index in [1.807, 2.05) is 36.4 Å². The zero-order valence-corrected chi connectivity index (χ0v) is 16.1. The van der Waals surface area contributed by atoms with Crippen LogP contribution in [0.2, 0.25) is 0 Å². The number of amidine groups is 1. The lowest BCUT2D eigenvalue weighted by Gasteiger charge is -2.24. The molecule has 0 unspecified atom stereocenters. The molecule has 0 amide bonds. The highest BCUT2D eigenvalue weighted by Gasteiger charge is 2.06. The molecule has 3 heteroatoms. The number of nitrogens with two attached hydrogens (primary N) is 1. The quantitative estimate of drug-likeness (QED) is 0.456. The van der Waals surface area contributed by atoms with Crippen molar-refractivity contribution in [1.29, 1.82) is 0 Å². The average molecular weight is 350 g/mol. The lowest BCUT2D eigenvalue weighted by atomic mass is 10.1. The number of anilines is 1. The molecule has 0 aliphatic rings. The summed E-state index contributed by atoms with van der Waals surface area (Å²) < 4.78 is 0. The first-order valence-electron chi connectivity index (χ1n) is 9.64. The van der Waals surface area contributed by atoms with Gasteiger partial charge < -0.3 is 10.6 Å². The number of benzene rings is 2. The molecule has 2 aromatic rings. The Labute approximate surface area is 158 Å². The second kappa shape index (κ2) is 11.1. The number of hydrogen-bond donors (Lipinski definition) is 1. The van der Waals surface area contributed by atoms with Gasteiger partial charge in [0.05, 0.1) is 0 Å². The molecular weight excluding hydrogens is 318 g/mol. The van der Waals surface area contributed by atoms with E-state index in [1.54, 1.807) is 6.20 Å². The molecule has 0 aliphatic heterocycles. The summed E-state index contributed by atoms with van der Waals surface area (Å²) in [5.41, 5.74) is 9.47. The van der Waals surface area contributed by atoms with E-state index in [2.05, 4.69) is 48.0 Å². The normalized spacial score (nSPS) is 11.8. The molecule has 26 heavy (non-hydrogen) atoms. The summed E-state index contributed by atoms with van der Waals surface area (Å²) in [5.74, 6) is 0.539. The Bertz CT molecular complexity index is 679. The molecule has 2 N–H and O–H groups in total. The highest BCUT2D eigenvalue weighted by Crippen LogP contribution is 2.17. The maximum atomic E-state index is 6.13. The molecular formula is C23H31N3. The van der Waals surface area contributed by atoms with Gasteiger partial charge in [-0.15, -0.1) is 0 Å². The smallest absolute Gasteiger partial charge is 0.130 e. The van der Waals surface area contributed by atoms with Crippen LogP contribution >= 0.6 is 0 Å². The van der Waals surface area contributed by atoms with E-state index < -0.39 is 0 Å². The fourth-order valence-electron chi connectivity index (χ4n) is 2.75. The first-order valence-corrected chi connectivity index (χ1v) is 9.64. The molecule has 138 valence electrons. The second-order valence-corrected chi connectivity index (χ2v) is 6.48. The minimum Gasteiger partial charge on any atom is -0.383 e. The van der Waals surface area contributed by atoms with Gasteiger partial charge in [-0.2, -0.15) is 0 Å². The van der Waals surface area contributed by atoms with Crippen molar-refractivity contribution in [2.24, 2.45) is 10.7 Å². The average Bonchev–Trinajstić information content (AvgIpc) is 2.69. The van der Waals surface area contributed by atoms with Crippen LogP contribution in [0.5, 0.6) is 0 Å². The minimum atomic E-state index is 0.539. The van der Waals surface area contributed by atoms with E-state index in [9.17, 15) is 0 Å². The second-order valence-electron chi connectivity index (χ2n) is 6.48. The van der Waals surface area contributed by atoms with Gasteiger partial charge in [0.2, 0.25) is 0 Å². The van der Waals surface area contributed by atoms with Gasteiger partial charge in [0, 0.05) is 30.5 Å². The van der Waals surface area contributed by atoms with Gasteiger partial charge in [-0.25, -0.2) is 4.99 Å². The Balaban J connectivity index is 2.04. The molecule has 0 saturated heterocycles. The van der Waals surface area contributed by atoms with Crippen LogP contribution in [0.1, 0.15) is 50.7 Å². The highest BCUT2D eigenvalue weighted by atomic mass is 15.1.